The smallest absolute Gasteiger partial charge is 0.304 e. The van der Waals surface area contributed by atoms with Crippen LogP contribution in [0.4, 0.5) is 14.5 Å². The molecule has 8 nitrogen and oxygen atoms in total. The summed E-state index contributed by atoms with van der Waals surface area (Å²) in [4.78, 5) is 27.5. The second-order valence-electron chi connectivity index (χ2n) is 8.38. The Morgan fingerprint density at radius 1 is 1.00 bits per heavy atom. The van der Waals surface area contributed by atoms with Gasteiger partial charge in [0.2, 0.25) is 11.8 Å². The lowest BCUT2D eigenvalue weighted by atomic mass is 10.1. The fourth-order valence-corrected chi connectivity index (χ4v) is 4.24. The molecule has 0 fully saturated rings. The van der Waals surface area contributed by atoms with E-state index in [0.29, 0.717) is 6.42 Å². The molecule has 2 aromatic carbocycles. The highest BCUT2D eigenvalue weighted by molar-refractivity contribution is 7.90. The van der Waals surface area contributed by atoms with Gasteiger partial charge < -0.3 is 10.2 Å². The van der Waals surface area contributed by atoms with Crippen molar-refractivity contribution in [1.82, 2.24) is 14.5 Å². The molecule has 2 aromatic rings. The van der Waals surface area contributed by atoms with E-state index in [-0.39, 0.29) is 23.8 Å². The first-order valence-electron chi connectivity index (χ1n) is 11.2. The van der Waals surface area contributed by atoms with Gasteiger partial charge in [-0.2, -0.15) is 12.7 Å². The van der Waals surface area contributed by atoms with Crippen LogP contribution in [0, 0.1) is 11.6 Å². The number of rotatable bonds is 11. The number of carbonyl (C=O) groups is 2. The molecular weight excluding hydrogens is 478 g/mol. The molecule has 11 heteroatoms. The topological polar surface area (TPSA) is 90.0 Å². The van der Waals surface area contributed by atoms with Crippen molar-refractivity contribution in [2.75, 3.05) is 24.9 Å². The van der Waals surface area contributed by atoms with Gasteiger partial charge in [-0.3, -0.25) is 9.59 Å². The predicted octanol–water partition coefficient (Wildman–Crippen LogP) is 2.91. The first-order valence-corrected chi connectivity index (χ1v) is 12.6. The normalized spacial score (nSPS) is 13.3. The van der Waals surface area contributed by atoms with Gasteiger partial charge in [0.1, 0.15) is 24.2 Å². The van der Waals surface area contributed by atoms with Crippen molar-refractivity contribution in [2.24, 2.45) is 0 Å². The highest BCUT2D eigenvalue weighted by atomic mass is 32.2. The second-order valence-corrected chi connectivity index (χ2v) is 10.4. The Morgan fingerprint density at radius 2 is 1.60 bits per heavy atom. The standard InChI is InChI=1S/C24H32F2N4O4S/c1-6-17(2)27-24(32)18(3)29(15-19-9-7-8-10-22(19)26)23(31)16-30(35(33,34)28(4)5)21-13-11-20(25)12-14-21/h7-14,17-18H,6,15-16H2,1-5H3,(H,27,32)/t17-,18-/m0/s1. The summed E-state index contributed by atoms with van der Waals surface area (Å²) in [5.74, 6) is -2.31. The summed E-state index contributed by atoms with van der Waals surface area (Å²) in [5, 5.41) is 2.80. The Balaban J connectivity index is 2.46. The maximum absolute atomic E-state index is 14.4. The average Bonchev–Trinajstić information content (AvgIpc) is 2.81. The molecule has 2 rings (SSSR count). The molecule has 0 unspecified atom stereocenters. The molecule has 0 radical (unpaired) electrons. The zero-order valence-electron chi connectivity index (χ0n) is 20.5. The van der Waals surface area contributed by atoms with E-state index in [4.69, 9.17) is 0 Å². The van der Waals surface area contributed by atoms with Crippen molar-refractivity contribution >= 4 is 27.7 Å². The van der Waals surface area contributed by atoms with Gasteiger partial charge in [-0.25, -0.2) is 13.1 Å². The second kappa shape index (κ2) is 12.1. The largest absolute Gasteiger partial charge is 0.352 e. The number of hydrogen-bond donors (Lipinski definition) is 1. The molecule has 0 saturated carbocycles. The van der Waals surface area contributed by atoms with E-state index < -0.39 is 46.2 Å². The van der Waals surface area contributed by atoms with Gasteiger partial charge in [0.15, 0.2) is 0 Å². The molecule has 0 saturated heterocycles. The monoisotopic (exact) mass is 510 g/mol. The minimum atomic E-state index is -4.16. The van der Waals surface area contributed by atoms with Crippen LogP contribution in [0.1, 0.15) is 32.8 Å². The molecule has 0 heterocycles. The van der Waals surface area contributed by atoms with Gasteiger partial charge in [0.25, 0.3) is 0 Å². The zero-order chi connectivity index (χ0) is 26.3. The third-order valence-electron chi connectivity index (χ3n) is 5.60. The molecule has 1 N–H and O–H groups in total. The van der Waals surface area contributed by atoms with E-state index in [0.717, 1.165) is 25.6 Å². The van der Waals surface area contributed by atoms with E-state index >= 15 is 0 Å². The highest BCUT2D eigenvalue weighted by Gasteiger charge is 2.33. The minimum absolute atomic E-state index is 0.0657. The molecule has 192 valence electrons. The van der Waals surface area contributed by atoms with Gasteiger partial charge in [-0.15, -0.1) is 0 Å². The molecule has 0 aliphatic heterocycles. The van der Waals surface area contributed by atoms with Crippen LogP contribution in [0.3, 0.4) is 0 Å². The molecule has 2 atom stereocenters. The first kappa shape index (κ1) is 28.2. The third kappa shape index (κ3) is 7.22. The summed E-state index contributed by atoms with van der Waals surface area (Å²) in [6, 6.07) is 9.30. The fraction of sp³-hybridized carbons (Fsp3) is 0.417. The maximum Gasteiger partial charge on any atom is 0.304 e. The van der Waals surface area contributed by atoms with Crippen molar-refractivity contribution in [1.29, 1.82) is 0 Å². The highest BCUT2D eigenvalue weighted by Crippen LogP contribution is 2.21. The summed E-state index contributed by atoms with van der Waals surface area (Å²) in [6.07, 6.45) is 0.666. The number of hydrogen-bond acceptors (Lipinski definition) is 4. The predicted molar refractivity (Wildman–Crippen MR) is 131 cm³/mol. The number of benzene rings is 2. The Labute approximate surface area is 205 Å². The molecule has 2 amide bonds. The number of anilines is 1. The molecular formula is C24H32F2N4O4S. The van der Waals surface area contributed by atoms with E-state index in [9.17, 15) is 26.8 Å². The molecule has 0 spiro atoms. The molecule has 35 heavy (non-hydrogen) atoms. The van der Waals surface area contributed by atoms with Crippen molar-refractivity contribution in [3.63, 3.8) is 0 Å². The van der Waals surface area contributed by atoms with Crippen LogP contribution in [-0.4, -0.2) is 62.2 Å². The zero-order valence-corrected chi connectivity index (χ0v) is 21.4. The first-order chi connectivity index (χ1) is 16.4. The number of halogens is 2. The lowest BCUT2D eigenvalue weighted by Gasteiger charge is -2.33. The van der Waals surface area contributed by atoms with Crippen molar-refractivity contribution in [3.05, 3.63) is 65.7 Å². The van der Waals surface area contributed by atoms with Crippen molar-refractivity contribution in [2.45, 2.75) is 45.8 Å². The third-order valence-corrected chi connectivity index (χ3v) is 7.42. The van der Waals surface area contributed by atoms with Crippen LogP contribution >= 0.6 is 0 Å². The summed E-state index contributed by atoms with van der Waals surface area (Å²) >= 11 is 0. The summed E-state index contributed by atoms with van der Waals surface area (Å²) in [5.41, 5.74) is 0.240. The Kier molecular flexibility index (Phi) is 9.73. The van der Waals surface area contributed by atoms with E-state index in [1.54, 1.807) is 6.07 Å². The lowest BCUT2D eigenvalue weighted by molar-refractivity contribution is -0.139. The van der Waals surface area contributed by atoms with Crippen LogP contribution in [0.5, 0.6) is 0 Å². The Morgan fingerprint density at radius 3 is 2.14 bits per heavy atom. The van der Waals surface area contributed by atoms with E-state index in [1.807, 2.05) is 13.8 Å². The molecule has 0 aliphatic rings. The van der Waals surface area contributed by atoms with Gasteiger partial charge in [0, 0.05) is 32.2 Å². The van der Waals surface area contributed by atoms with Gasteiger partial charge in [-0.1, -0.05) is 25.1 Å². The quantitative estimate of drug-likeness (QED) is 0.503. The SMILES string of the molecule is CC[C@H](C)NC(=O)[C@H](C)N(Cc1ccccc1F)C(=O)CN(c1ccc(F)cc1)S(=O)(=O)N(C)C. The summed E-state index contributed by atoms with van der Waals surface area (Å²) in [6.45, 7) is 4.28. The van der Waals surface area contributed by atoms with E-state index in [2.05, 4.69) is 5.32 Å². The number of nitrogens with zero attached hydrogens (tertiary/aromatic N) is 3. The molecule has 0 bridgehead atoms. The number of amides is 2. The van der Waals surface area contributed by atoms with Crippen LogP contribution in [-0.2, 0) is 26.3 Å². The van der Waals surface area contributed by atoms with Crippen molar-refractivity contribution < 1.29 is 26.8 Å². The van der Waals surface area contributed by atoms with Gasteiger partial charge in [0.05, 0.1) is 5.69 Å². The van der Waals surface area contributed by atoms with Crippen LogP contribution in [0.25, 0.3) is 0 Å². The fourth-order valence-electron chi connectivity index (χ4n) is 3.18. The number of nitrogens with one attached hydrogen (secondary N) is 1. The average molecular weight is 511 g/mol. The van der Waals surface area contributed by atoms with Crippen molar-refractivity contribution in [3.8, 4) is 0 Å². The van der Waals surface area contributed by atoms with Crippen LogP contribution < -0.4 is 9.62 Å². The minimum Gasteiger partial charge on any atom is -0.352 e. The van der Waals surface area contributed by atoms with Gasteiger partial charge >= 0.3 is 10.2 Å². The molecule has 0 aliphatic carbocycles. The number of carbonyl (C=O) groups excluding carboxylic acids is 2. The summed E-state index contributed by atoms with van der Waals surface area (Å²) < 4.78 is 55.7. The molecule has 0 aromatic heterocycles. The lowest BCUT2D eigenvalue weighted by Crippen LogP contribution is -2.53. The maximum atomic E-state index is 14.4. The van der Waals surface area contributed by atoms with Crippen LogP contribution in [0.15, 0.2) is 48.5 Å². The van der Waals surface area contributed by atoms with E-state index in [1.165, 1.54) is 51.4 Å². The van der Waals surface area contributed by atoms with Gasteiger partial charge in [-0.05, 0) is 50.6 Å². The summed E-state index contributed by atoms with van der Waals surface area (Å²) in [7, 11) is -1.56. The Bertz CT molecular complexity index is 1130. The van der Waals surface area contributed by atoms with Crippen LogP contribution in [0.2, 0.25) is 0 Å². The Hall–Kier alpha value is -3.05.